The summed E-state index contributed by atoms with van der Waals surface area (Å²) in [4.78, 5) is 0. The van der Waals surface area contributed by atoms with Crippen molar-refractivity contribution >= 4 is 0 Å². The highest BCUT2D eigenvalue weighted by Crippen LogP contribution is 2.42. The van der Waals surface area contributed by atoms with Crippen LogP contribution in [0.25, 0.3) is 0 Å². The minimum absolute atomic E-state index is 0.768. The van der Waals surface area contributed by atoms with E-state index in [2.05, 4.69) is 53.7 Å². The third-order valence-electron chi connectivity index (χ3n) is 5.76. The van der Waals surface area contributed by atoms with E-state index >= 15 is 0 Å². The van der Waals surface area contributed by atoms with Gasteiger partial charge in [0.2, 0.25) is 0 Å². The Morgan fingerprint density at radius 2 is 1.05 bits per heavy atom. The van der Waals surface area contributed by atoms with Crippen LogP contribution in [0, 0.1) is 35.5 Å². The Kier molecular flexibility index (Phi) is 5.15. The molecule has 0 aromatic carbocycles. The van der Waals surface area contributed by atoms with E-state index in [1.165, 1.54) is 25.7 Å². The molecule has 0 amide bonds. The van der Waals surface area contributed by atoms with Crippen LogP contribution in [0.15, 0.2) is 23.3 Å². The number of rotatable bonds is 3. The first-order valence-electron chi connectivity index (χ1n) is 8.84. The average Bonchev–Trinajstić information content (AvgIpc) is 2.39. The zero-order valence-corrected chi connectivity index (χ0v) is 14.4. The first-order chi connectivity index (χ1) is 9.40. The van der Waals surface area contributed by atoms with Gasteiger partial charge in [-0.1, -0.05) is 53.7 Å². The molecule has 114 valence electrons. The van der Waals surface area contributed by atoms with Crippen molar-refractivity contribution < 1.29 is 0 Å². The fraction of sp³-hybridized carbons (Fsp3) is 0.800. The van der Waals surface area contributed by atoms with Crippen LogP contribution < -0.4 is 0 Å². The SMILES string of the molecule is CC(C)[C@H]1C=C(C2=C[C@H](C(C)C)CC[C@H]2C)[C@H](C)CC1. The van der Waals surface area contributed by atoms with Crippen molar-refractivity contribution in [3.8, 4) is 0 Å². The molecule has 2 aliphatic carbocycles. The lowest BCUT2D eigenvalue weighted by molar-refractivity contribution is 0.351. The molecule has 2 rings (SSSR count). The van der Waals surface area contributed by atoms with Gasteiger partial charge in [-0.25, -0.2) is 0 Å². The van der Waals surface area contributed by atoms with Crippen LogP contribution in [-0.4, -0.2) is 0 Å². The van der Waals surface area contributed by atoms with Crippen molar-refractivity contribution in [1.29, 1.82) is 0 Å². The molecule has 0 nitrogen and oxygen atoms in total. The second-order valence-corrected chi connectivity index (χ2v) is 8.02. The summed E-state index contributed by atoms with van der Waals surface area (Å²) in [5, 5.41) is 0. The Balaban J connectivity index is 2.30. The molecule has 0 heterocycles. The smallest absolute Gasteiger partial charge is 0.0191 e. The predicted octanol–water partition coefficient (Wildman–Crippen LogP) is 6.24. The largest absolute Gasteiger partial charge is 0.0774 e. The second kappa shape index (κ2) is 6.50. The molecule has 0 fully saturated rings. The molecule has 0 saturated heterocycles. The first-order valence-corrected chi connectivity index (χ1v) is 8.84. The van der Waals surface area contributed by atoms with Gasteiger partial charge in [0.15, 0.2) is 0 Å². The maximum Gasteiger partial charge on any atom is -0.0191 e. The molecule has 0 bridgehead atoms. The molecule has 2 aliphatic rings. The molecule has 4 atom stereocenters. The highest BCUT2D eigenvalue weighted by molar-refractivity contribution is 5.38. The molecule has 20 heavy (non-hydrogen) atoms. The van der Waals surface area contributed by atoms with Gasteiger partial charge in [-0.2, -0.15) is 0 Å². The Labute approximate surface area is 126 Å². The third kappa shape index (κ3) is 3.38. The van der Waals surface area contributed by atoms with Crippen LogP contribution in [0.3, 0.4) is 0 Å². The number of allylic oxidation sites excluding steroid dienone is 4. The maximum absolute atomic E-state index is 2.64. The Hall–Kier alpha value is -0.520. The molecular weight excluding hydrogens is 240 g/mol. The van der Waals surface area contributed by atoms with Gasteiger partial charge in [-0.15, -0.1) is 0 Å². The summed E-state index contributed by atoms with van der Waals surface area (Å²) < 4.78 is 0. The summed E-state index contributed by atoms with van der Waals surface area (Å²) in [6.07, 6.45) is 10.8. The molecule has 0 radical (unpaired) electrons. The highest BCUT2D eigenvalue weighted by atomic mass is 14.3. The zero-order valence-electron chi connectivity index (χ0n) is 14.4. The van der Waals surface area contributed by atoms with E-state index < -0.39 is 0 Å². The monoisotopic (exact) mass is 274 g/mol. The van der Waals surface area contributed by atoms with Crippen LogP contribution in [0.2, 0.25) is 0 Å². The summed E-state index contributed by atoms with van der Waals surface area (Å²) in [6, 6.07) is 0. The fourth-order valence-electron chi connectivity index (χ4n) is 3.97. The van der Waals surface area contributed by atoms with Crippen molar-refractivity contribution in [3.05, 3.63) is 23.3 Å². The lowest BCUT2D eigenvalue weighted by Crippen LogP contribution is -2.23. The van der Waals surface area contributed by atoms with Crippen molar-refractivity contribution in [2.24, 2.45) is 35.5 Å². The summed E-state index contributed by atoms with van der Waals surface area (Å²) in [5.74, 6) is 4.72. The molecule has 0 N–H and O–H groups in total. The van der Waals surface area contributed by atoms with Gasteiger partial charge in [0.05, 0.1) is 0 Å². The fourth-order valence-corrected chi connectivity index (χ4v) is 3.97. The topological polar surface area (TPSA) is 0 Å². The van der Waals surface area contributed by atoms with Gasteiger partial charge >= 0.3 is 0 Å². The van der Waals surface area contributed by atoms with Crippen LogP contribution in [0.4, 0.5) is 0 Å². The Morgan fingerprint density at radius 3 is 1.35 bits per heavy atom. The zero-order chi connectivity index (χ0) is 14.9. The van der Waals surface area contributed by atoms with E-state index in [0.29, 0.717) is 0 Å². The van der Waals surface area contributed by atoms with E-state index in [-0.39, 0.29) is 0 Å². The highest BCUT2D eigenvalue weighted by Gasteiger charge is 2.29. The van der Waals surface area contributed by atoms with Crippen LogP contribution in [0.1, 0.15) is 67.2 Å². The van der Waals surface area contributed by atoms with Gasteiger partial charge in [-0.05, 0) is 72.3 Å². The standard InChI is InChI=1S/C20H34/c1-13(2)17-9-7-15(5)19(11-17)20-12-18(14(3)4)10-8-16(20)6/h11-18H,7-10H2,1-6H3/t15-,16-,17-,18-/m1/s1. The Bertz CT molecular complexity index is 345. The van der Waals surface area contributed by atoms with Crippen LogP contribution in [-0.2, 0) is 0 Å². The molecule has 0 aromatic heterocycles. The molecular formula is C20H34. The molecule has 0 saturated carbocycles. The molecule has 0 aliphatic heterocycles. The van der Waals surface area contributed by atoms with E-state index in [4.69, 9.17) is 0 Å². The summed E-state index contributed by atoms with van der Waals surface area (Å²) >= 11 is 0. The second-order valence-electron chi connectivity index (χ2n) is 8.02. The molecule has 0 heteroatoms. The van der Waals surface area contributed by atoms with E-state index in [1.54, 1.807) is 11.1 Å². The van der Waals surface area contributed by atoms with Crippen molar-refractivity contribution in [2.45, 2.75) is 67.2 Å². The normalized spacial score (nSPS) is 35.2. The molecule has 0 spiro atoms. The summed E-state index contributed by atoms with van der Waals surface area (Å²) in [7, 11) is 0. The van der Waals surface area contributed by atoms with Gasteiger partial charge in [0, 0.05) is 0 Å². The Morgan fingerprint density at radius 1 is 0.700 bits per heavy atom. The van der Waals surface area contributed by atoms with E-state index in [1.807, 2.05) is 0 Å². The third-order valence-corrected chi connectivity index (χ3v) is 5.76. The predicted molar refractivity (Wildman–Crippen MR) is 89.6 cm³/mol. The van der Waals surface area contributed by atoms with Crippen LogP contribution in [0.5, 0.6) is 0 Å². The van der Waals surface area contributed by atoms with Gasteiger partial charge in [0.25, 0.3) is 0 Å². The van der Waals surface area contributed by atoms with Crippen LogP contribution >= 0.6 is 0 Å². The maximum atomic E-state index is 2.64. The minimum Gasteiger partial charge on any atom is -0.0774 e. The van der Waals surface area contributed by atoms with Gasteiger partial charge < -0.3 is 0 Å². The first kappa shape index (κ1) is 15.9. The van der Waals surface area contributed by atoms with Crippen molar-refractivity contribution in [2.75, 3.05) is 0 Å². The average molecular weight is 274 g/mol. The number of hydrogen-bond acceptors (Lipinski definition) is 0. The van der Waals surface area contributed by atoms with E-state index in [0.717, 1.165) is 35.5 Å². The number of hydrogen-bond donors (Lipinski definition) is 0. The lowest BCUT2D eigenvalue weighted by Gasteiger charge is -2.36. The molecule has 0 aromatic rings. The van der Waals surface area contributed by atoms with E-state index in [9.17, 15) is 0 Å². The summed E-state index contributed by atoms with van der Waals surface area (Å²) in [6.45, 7) is 14.4. The van der Waals surface area contributed by atoms with Crippen molar-refractivity contribution in [1.82, 2.24) is 0 Å². The van der Waals surface area contributed by atoms with Crippen molar-refractivity contribution in [3.63, 3.8) is 0 Å². The summed E-state index contributed by atoms with van der Waals surface area (Å²) in [5.41, 5.74) is 3.40. The minimum atomic E-state index is 0.768. The molecule has 0 unspecified atom stereocenters. The quantitative estimate of drug-likeness (QED) is 0.571. The van der Waals surface area contributed by atoms with Gasteiger partial charge in [-0.3, -0.25) is 0 Å². The van der Waals surface area contributed by atoms with Gasteiger partial charge in [0.1, 0.15) is 0 Å². The lowest BCUT2D eigenvalue weighted by atomic mass is 9.70.